The van der Waals surface area contributed by atoms with Crippen LogP contribution in [0.3, 0.4) is 0 Å². The summed E-state index contributed by atoms with van der Waals surface area (Å²) in [6, 6.07) is 16.0. The molecule has 0 radical (unpaired) electrons. The Bertz CT molecular complexity index is 825. The van der Waals surface area contributed by atoms with Crippen LogP contribution in [0.15, 0.2) is 59.6 Å². The number of rotatable bonds is 8. The highest BCUT2D eigenvalue weighted by molar-refractivity contribution is 14.0. The summed E-state index contributed by atoms with van der Waals surface area (Å²) in [4.78, 5) is 16.2. The van der Waals surface area contributed by atoms with Gasteiger partial charge in [-0.1, -0.05) is 30.3 Å². The predicted octanol–water partition coefficient (Wildman–Crippen LogP) is 3.46. The lowest BCUT2D eigenvalue weighted by Gasteiger charge is -2.19. The van der Waals surface area contributed by atoms with Crippen molar-refractivity contribution < 1.29 is 9.18 Å². The van der Waals surface area contributed by atoms with Crippen molar-refractivity contribution in [1.82, 2.24) is 16.0 Å². The quantitative estimate of drug-likeness (QED) is 0.221. The largest absolute Gasteiger partial charge is 0.356 e. The number of hydrogen-bond acceptors (Lipinski definition) is 2. The van der Waals surface area contributed by atoms with Gasteiger partial charge in [-0.25, -0.2) is 4.39 Å². The number of amides is 1. The molecule has 5 nitrogen and oxygen atoms in total. The summed E-state index contributed by atoms with van der Waals surface area (Å²) in [6.45, 7) is 2.01. The summed E-state index contributed by atoms with van der Waals surface area (Å²) in [5.41, 5.74) is 1.71. The molecule has 3 N–H and O–H groups in total. The highest BCUT2D eigenvalue weighted by atomic mass is 127. The minimum Gasteiger partial charge on any atom is -0.356 e. The van der Waals surface area contributed by atoms with Crippen molar-refractivity contribution in [1.29, 1.82) is 0 Å². The SMILES string of the molecule is CN=C(NCCCNC(=O)c1ccccc1)NCC1(c2cccc(F)c2)CC1.I. The minimum atomic E-state index is -0.191. The van der Waals surface area contributed by atoms with Crippen LogP contribution in [0.1, 0.15) is 35.2 Å². The van der Waals surface area contributed by atoms with Crippen LogP contribution in [-0.2, 0) is 5.41 Å². The van der Waals surface area contributed by atoms with E-state index in [4.69, 9.17) is 0 Å². The molecular weight excluding hydrogens is 482 g/mol. The summed E-state index contributed by atoms with van der Waals surface area (Å²) in [6.07, 6.45) is 2.88. The van der Waals surface area contributed by atoms with Crippen molar-refractivity contribution in [3.05, 3.63) is 71.5 Å². The van der Waals surface area contributed by atoms with E-state index in [0.717, 1.165) is 37.3 Å². The molecule has 29 heavy (non-hydrogen) atoms. The van der Waals surface area contributed by atoms with Gasteiger partial charge in [0.05, 0.1) is 0 Å². The van der Waals surface area contributed by atoms with Gasteiger partial charge in [-0.05, 0) is 49.1 Å². The third kappa shape index (κ3) is 6.69. The number of carbonyl (C=O) groups excluding carboxylic acids is 1. The van der Waals surface area contributed by atoms with Crippen molar-refractivity contribution >= 4 is 35.8 Å². The molecule has 0 unspecified atom stereocenters. The first kappa shape index (κ1) is 23.1. The van der Waals surface area contributed by atoms with E-state index in [9.17, 15) is 9.18 Å². The number of nitrogens with zero attached hydrogens (tertiary/aromatic N) is 1. The number of hydrogen-bond donors (Lipinski definition) is 3. The van der Waals surface area contributed by atoms with Gasteiger partial charge in [0.1, 0.15) is 5.82 Å². The van der Waals surface area contributed by atoms with Crippen LogP contribution in [0, 0.1) is 5.82 Å². The molecule has 3 rings (SSSR count). The molecule has 156 valence electrons. The van der Waals surface area contributed by atoms with Crippen LogP contribution in [0.4, 0.5) is 4.39 Å². The molecule has 0 spiro atoms. The second-order valence-corrected chi connectivity index (χ2v) is 7.12. The number of benzene rings is 2. The monoisotopic (exact) mass is 510 g/mol. The minimum absolute atomic E-state index is 0. The van der Waals surface area contributed by atoms with Gasteiger partial charge in [-0.15, -0.1) is 24.0 Å². The fourth-order valence-corrected chi connectivity index (χ4v) is 3.20. The summed E-state index contributed by atoms with van der Waals surface area (Å²) in [7, 11) is 1.73. The topological polar surface area (TPSA) is 65.5 Å². The molecule has 7 heteroatoms. The fourth-order valence-electron chi connectivity index (χ4n) is 3.20. The zero-order valence-corrected chi connectivity index (χ0v) is 18.9. The van der Waals surface area contributed by atoms with Gasteiger partial charge in [0.25, 0.3) is 5.91 Å². The normalized spacial score (nSPS) is 14.5. The molecule has 2 aromatic carbocycles. The van der Waals surface area contributed by atoms with Crippen LogP contribution in [-0.4, -0.2) is 38.5 Å². The molecule has 0 saturated heterocycles. The van der Waals surface area contributed by atoms with E-state index in [2.05, 4.69) is 20.9 Å². The standard InChI is InChI=1S/C22H27FN4O.HI/c1-24-21(26-14-6-13-25-20(28)17-7-3-2-4-8-17)27-16-22(11-12-22)18-9-5-10-19(23)15-18;/h2-5,7-10,15H,6,11-14,16H2,1H3,(H,25,28)(H2,24,26,27);1H. The lowest BCUT2D eigenvalue weighted by atomic mass is 9.96. The van der Waals surface area contributed by atoms with E-state index in [1.807, 2.05) is 24.3 Å². The highest BCUT2D eigenvalue weighted by Crippen LogP contribution is 2.47. The van der Waals surface area contributed by atoms with E-state index < -0.39 is 0 Å². The van der Waals surface area contributed by atoms with Crippen molar-refractivity contribution in [2.24, 2.45) is 4.99 Å². The van der Waals surface area contributed by atoms with Gasteiger partial charge in [-0.3, -0.25) is 9.79 Å². The Morgan fingerprint density at radius 3 is 2.41 bits per heavy atom. The highest BCUT2D eigenvalue weighted by Gasteiger charge is 2.44. The Morgan fingerprint density at radius 2 is 1.76 bits per heavy atom. The Balaban J connectivity index is 0.00000300. The molecular formula is C22H28FIN4O. The van der Waals surface area contributed by atoms with E-state index >= 15 is 0 Å². The summed E-state index contributed by atoms with van der Waals surface area (Å²) in [5.74, 6) is 0.467. The third-order valence-corrected chi connectivity index (χ3v) is 5.08. The molecule has 0 bridgehead atoms. The second kappa shape index (κ2) is 11.1. The maximum absolute atomic E-state index is 13.5. The average Bonchev–Trinajstić information content (AvgIpc) is 3.52. The van der Waals surface area contributed by atoms with Gasteiger partial charge in [0, 0.05) is 37.7 Å². The molecule has 0 atom stereocenters. The zero-order chi connectivity index (χ0) is 19.8. The number of aliphatic imine (C=N–C) groups is 1. The van der Waals surface area contributed by atoms with Crippen LogP contribution < -0.4 is 16.0 Å². The summed E-state index contributed by atoms with van der Waals surface area (Å²) in [5, 5.41) is 9.51. The Hall–Kier alpha value is -2.16. The van der Waals surface area contributed by atoms with Crippen LogP contribution >= 0.6 is 24.0 Å². The van der Waals surface area contributed by atoms with Gasteiger partial charge >= 0.3 is 0 Å². The zero-order valence-electron chi connectivity index (χ0n) is 16.6. The molecule has 1 amide bonds. The van der Waals surface area contributed by atoms with Crippen LogP contribution in [0.5, 0.6) is 0 Å². The van der Waals surface area contributed by atoms with Gasteiger partial charge in [0.2, 0.25) is 0 Å². The van der Waals surface area contributed by atoms with Gasteiger partial charge < -0.3 is 16.0 Å². The first-order chi connectivity index (χ1) is 13.6. The molecule has 0 aromatic heterocycles. The lowest BCUT2D eigenvalue weighted by Crippen LogP contribution is -2.42. The number of guanidine groups is 1. The summed E-state index contributed by atoms with van der Waals surface area (Å²) < 4.78 is 13.5. The van der Waals surface area contributed by atoms with E-state index in [0.29, 0.717) is 18.7 Å². The Morgan fingerprint density at radius 1 is 1.03 bits per heavy atom. The van der Waals surface area contributed by atoms with Gasteiger partial charge in [0.15, 0.2) is 5.96 Å². The van der Waals surface area contributed by atoms with Crippen molar-refractivity contribution in [2.45, 2.75) is 24.7 Å². The van der Waals surface area contributed by atoms with E-state index in [1.165, 1.54) is 6.07 Å². The van der Waals surface area contributed by atoms with Gasteiger partial charge in [-0.2, -0.15) is 0 Å². The predicted molar refractivity (Wildman–Crippen MR) is 125 cm³/mol. The average molecular weight is 510 g/mol. The maximum Gasteiger partial charge on any atom is 0.251 e. The van der Waals surface area contributed by atoms with Crippen molar-refractivity contribution in [3.8, 4) is 0 Å². The first-order valence-electron chi connectivity index (χ1n) is 9.67. The summed E-state index contributed by atoms with van der Waals surface area (Å²) >= 11 is 0. The molecule has 1 aliphatic rings. The maximum atomic E-state index is 13.5. The van der Waals surface area contributed by atoms with Crippen LogP contribution in [0.2, 0.25) is 0 Å². The van der Waals surface area contributed by atoms with Crippen molar-refractivity contribution in [3.63, 3.8) is 0 Å². The first-order valence-corrected chi connectivity index (χ1v) is 9.67. The van der Waals surface area contributed by atoms with Crippen molar-refractivity contribution in [2.75, 3.05) is 26.7 Å². The third-order valence-electron chi connectivity index (χ3n) is 5.08. The molecule has 1 saturated carbocycles. The molecule has 0 aliphatic heterocycles. The van der Waals surface area contributed by atoms with Crippen LogP contribution in [0.25, 0.3) is 0 Å². The second-order valence-electron chi connectivity index (χ2n) is 7.12. The molecule has 1 fully saturated rings. The lowest BCUT2D eigenvalue weighted by molar-refractivity contribution is 0.0953. The molecule has 2 aromatic rings. The molecule has 1 aliphatic carbocycles. The van der Waals surface area contributed by atoms with E-state index in [-0.39, 0.29) is 41.1 Å². The fraction of sp³-hybridized carbons (Fsp3) is 0.364. The smallest absolute Gasteiger partial charge is 0.251 e. The Kier molecular flexibility index (Phi) is 8.88. The number of carbonyl (C=O) groups is 1. The molecule has 0 heterocycles. The number of nitrogens with one attached hydrogen (secondary N) is 3. The van der Waals surface area contributed by atoms with E-state index in [1.54, 1.807) is 31.3 Å². The Labute approximate surface area is 188 Å². The number of halogens is 2.